The van der Waals surface area contributed by atoms with Gasteiger partial charge in [-0.25, -0.2) is 0 Å². The molecule has 0 unspecified atom stereocenters. The van der Waals surface area contributed by atoms with Crippen LogP contribution in [0, 0.1) is 23.2 Å². The van der Waals surface area contributed by atoms with Crippen LogP contribution in [0.1, 0.15) is 53.4 Å². The van der Waals surface area contributed by atoms with E-state index in [1.807, 2.05) is 0 Å². The van der Waals surface area contributed by atoms with Gasteiger partial charge in [0.05, 0.1) is 0 Å². The molecule has 1 saturated carbocycles. The number of rotatable bonds is 4. The van der Waals surface area contributed by atoms with Gasteiger partial charge >= 0.3 is 0 Å². The third-order valence-corrected chi connectivity index (χ3v) is 6.34. The van der Waals surface area contributed by atoms with Crippen molar-refractivity contribution in [2.24, 2.45) is 23.2 Å². The van der Waals surface area contributed by atoms with Crippen molar-refractivity contribution < 1.29 is 0 Å². The van der Waals surface area contributed by atoms with E-state index in [2.05, 4.69) is 37.5 Å². The van der Waals surface area contributed by atoms with Gasteiger partial charge in [-0.3, -0.25) is 4.90 Å². The largest absolute Gasteiger partial charge is 0.303 e. The summed E-state index contributed by atoms with van der Waals surface area (Å²) < 4.78 is 0. The zero-order valence-corrected chi connectivity index (χ0v) is 14.1. The highest BCUT2D eigenvalue weighted by Crippen LogP contribution is 2.52. The van der Waals surface area contributed by atoms with Crippen LogP contribution in [0.25, 0.3) is 0 Å². The molecule has 2 heteroatoms. The van der Waals surface area contributed by atoms with Crippen molar-refractivity contribution in [3.8, 4) is 0 Å². The molecule has 3 fully saturated rings. The van der Waals surface area contributed by atoms with E-state index in [1.165, 1.54) is 58.4 Å². The Kier molecular flexibility index (Phi) is 4.16. The van der Waals surface area contributed by atoms with Gasteiger partial charge in [0, 0.05) is 25.7 Å². The third-order valence-electron chi connectivity index (χ3n) is 6.34. The molecule has 2 aliphatic heterocycles. The lowest BCUT2D eigenvalue weighted by molar-refractivity contribution is -0.114. The first-order valence-electron chi connectivity index (χ1n) is 8.94. The predicted molar refractivity (Wildman–Crippen MR) is 85.9 cm³/mol. The summed E-state index contributed by atoms with van der Waals surface area (Å²) in [5.41, 5.74) is 0.755. The average Bonchev–Trinajstić information content (AvgIpc) is 2.30. The minimum Gasteiger partial charge on any atom is -0.303 e. The van der Waals surface area contributed by atoms with Crippen molar-refractivity contribution in [1.82, 2.24) is 9.80 Å². The Hall–Kier alpha value is -0.0800. The Balaban J connectivity index is 1.34. The number of nitrogens with zero attached hydrogens (tertiary/aromatic N) is 2. The summed E-state index contributed by atoms with van der Waals surface area (Å²) in [5.74, 6) is 2.89. The highest BCUT2D eigenvalue weighted by molar-refractivity contribution is 5.05. The number of hydrogen-bond donors (Lipinski definition) is 0. The van der Waals surface area contributed by atoms with Crippen molar-refractivity contribution in [2.75, 3.05) is 32.7 Å². The molecule has 0 aromatic rings. The van der Waals surface area contributed by atoms with Crippen LogP contribution in [-0.4, -0.2) is 48.6 Å². The van der Waals surface area contributed by atoms with E-state index in [-0.39, 0.29) is 0 Å². The third kappa shape index (κ3) is 2.92. The number of hydrogen-bond acceptors (Lipinski definition) is 2. The lowest BCUT2D eigenvalue weighted by Gasteiger charge is -2.61. The molecule has 1 spiro atoms. The van der Waals surface area contributed by atoms with Crippen LogP contribution in [-0.2, 0) is 0 Å². The van der Waals surface area contributed by atoms with Gasteiger partial charge in [-0.2, -0.15) is 0 Å². The van der Waals surface area contributed by atoms with Gasteiger partial charge < -0.3 is 4.90 Å². The fourth-order valence-corrected chi connectivity index (χ4v) is 4.90. The van der Waals surface area contributed by atoms with Crippen LogP contribution in [0.4, 0.5) is 0 Å². The number of likely N-dealkylation sites (tertiary alicyclic amines) is 2. The summed E-state index contributed by atoms with van der Waals surface area (Å²) in [6.45, 7) is 16.4. The molecule has 0 atom stereocenters. The van der Waals surface area contributed by atoms with E-state index in [1.54, 1.807) is 0 Å². The summed E-state index contributed by atoms with van der Waals surface area (Å²) in [7, 11) is 0. The highest BCUT2D eigenvalue weighted by Gasteiger charge is 2.52. The van der Waals surface area contributed by atoms with Gasteiger partial charge in [0.15, 0.2) is 0 Å². The lowest BCUT2D eigenvalue weighted by Crippen LogP contribution is -2.64. The fourth-order valence-electron chi connectivity index (χ4n) is 4.90. The first-order valence-corrected chi connectivity index (χ1v) is 8.94. The van der Waals surface area contributed by atoms with Gasteiger partial charge in [0.2, 0.25) is 0 Å². The maximum atomic E-state index is 2.76. The molecule has 2 heterocycles. The Morgan fingerprint density at radius 2 is 1.60 bits per heavy atom. The van der Waals surface area contributed by atoms with Crippen molar-refractivity contribution in [3.63, 3.8) is 0 Å². The molecule has 0 radical (unpaired) electrons. The SMILES string of the molecule is CC(C)C1CCN(CC2CC3(C2)CN(C(C)C)C3)CC1. The van der Waals surface area contributed by atoms with Crippen LogP contribution in [0.3, 0.4) is 0 Å². The Morgan fingerprint density at radius 1 is 1.00 bits per heavy atom. The fraction of sp³-hybridized carbons (Fsp3) is 1.00. The molecule has 3 rings (SSSR count). The summed E-state index contributed by atoms with van der Waals surface area (Å²) in [6.07, 6.45) is 5.91. The van der Waals surface area contributed by atoms with Crippen LogP contribution in [0.5, 0.6) is 0 Å². The molecule has 0 aromatic heterocycles. The molecule has 0 aromatic carbocycles. The van der Waals surface area contributed by atoms with Gasteiger partial charge in [-0.15, -0.1) is 0 Å². The summed E-state index contributed by atoms with van der Waals surface area (Å²) in [4.78, 5) is 5.40. The second-order valence-corrected chi connectivity index (χ2v) is 8.66. The molecule has 0 amide bonds. The second kappa shape index (κ2) is 5.61. The Morgan fingerprint density at radius 3 is 2.10 bits per heavy atom. The first-order chi connectivity index (χ1) is 9.47. The molecule has 20 heavy (non-hydrogen) atoms. The first kappa shape index (κ1) is 14.8. The van der Waals surface area contributed by atoms with E-state index in [4.69, 9.17) is 0 Å². The van der Waals surface area contributed by atoms with Crippen molar-refractivity contribution in [1.29, 1.82) is 0 Å². The summed E-state index contributed by atoms with van der Waals surface area (Å²) in [5, 5.41) is 0. The molecule has 2 nitrogen and oxygen atoms in total. The maximum Gasteiger partial charge on any atom is 0.00534 e. The highest BCUT2D eigenvalue weighted by atomic mass is 15.2. The zero-order chi connectivity index (χ0) is 14.3. The molecule has 0 bridgehead atoms. The summed E-state index contributed by atoms with van der Waals surface area (Å²) in [6, 6.07) is 0.759. The van der Waals surface area contributed by atoms with E-state index in [0.717, 1.165) is 29.2 Å². The van der Waals surface area contributed by atoms with Crippen LogP contribution < -0.4 is 0 Å². The van der Waals surface area contributed by atoms with Crippen molar-refractivity contribution in [3.05, 3.63) is 0 Å². The zero-order valence-electron chi connectivity index (χ0n) is 14.1. The molecule has 116 valence electrons. The summed E-state index contributed by atoms with van der Waals surface area (Å²) >= 11 is 0. The molecular formula is C18H34N2. The molecule has 0 N–H and O–H groups in total. The molecule has 3 aliphatic rings. The molecular weight excluding hydrogens is 244 g/mol. The van der Waals surface area contributed by atoms with Crippen molar-refractivity contribution >= 4 is 0 Å². The van der Waals surface area contributed by atoms with Gasteiger partial charge in [-0.05, 0) is 75.8 Å². The van der Waals surface area contributed by atoms with Crippen molar-refractivity contribution in [2.45, 2.75) is 59.4 Å². The normalized spacial score (nSPS) is 29.1. The minimum atomic E-state index is 0.755. The average molecular weight is 278 g/mol. The van der Waals surface area contributed by atoms with Crippen LogP contribution in [0.2, 0.25) is 0 Å². The van der Waals surface area contributed by atoms with E-state index >= 15 is 0 Å². The van der Waals surface area contributed by atoms with Gasteiger partial charge in [0.25, 0.3) is 0 Å². The number of piperidine rings is 1. The quantitative estimate of drug-likeness (QED) is 0.777. The van der Waals surface area contributed by atoms with Crippen LogP contribution in [0.15, 0.2) is 0 Å². The monoisotopic (exact) mass is 278 g/mol. The second-order valence-electron chi connectivity index (χ2n) is 8.66. The molecule has 1 aliphatic carbocycles. The maximum absolute atomic E-state index is 2.76. The Bertz CT molecular complexity index is 314. The lowest BCUT2D eigenvalue weighted by atomic mass is 9.57. The van der Waals surface area contributed by atoms with E-state index in [9.17, 15) is 0 Å². The predicted octanol–water partition coefficient (Wildman–Crippen LogP) is 3.47. The van der Waals surface area contributed by atoms with Gasteiger partial charge in [0.1, 0.15) is 0 Å². The topological polar surface area (TPSA) is 6.48 Å². The van der Waals surface area contributed by atoms with Gasteiger partial charge in [-0.1, -0.05) is 13.8 Å². The smallest absolute Gasteiger partial charge is 0.00534 e. The minimum absolute atomic E-state index is 0.755. The standard InChI is InChI=1S/C18H34N2/c1-14(2)17-5-7-19(8-6-17)11-16-9-18(10-16)12-20(13-18)15(3)4/h14-17H,5-13H2,1-4H3. The van der Waals surface area contributed by atoms with E-state index in [0.29, 0.717) is 0 Å². The molecule has 2 saturated heterocycles. The van der Waals surface area contributed by atoms with Crippen LogP contribution >= 0.6 is 0 Å². The van der Waals surface area contributed by atoms with E-state index < -0.39 is 0 Å². The Labute approximate surface area is 125 Å².